The van der Waals surface area contributed by atoms with E-state index < -0.39 is 0 Å². The van der Waals surface area contributed by atoms with Crippen molar-refractivity contribution in [1.82, 2.24) is 5.32 Å². The highest BCUT2D eigenvalue weighted by atomic mass is 14.9. The molecule has 2 saturated carbocycles. The molecule has 17 heavy (non-hydrogen) atoms. The molecule has 3 N–H and O–H groups in total. The van der Waals surface area contributed by atoms with Crippen molar-refractivity contribution in [1.29, 1.82) is 0 Å². The molecule has 100 valence electrons. The molecular weight excluding hydrogens is 208 g/mol. The number of hydrogen-bond donors (Lipinski definition) is 2. The number of rotatable bonds is 5. The van der Waals surface area contributed by atoms with E-state index in [2.05, 4.69) is 5.32 Å². The maximum atomic E-state index is 6.03. The second-order valence-electron chi connectivity index (χ2n) is 6.30. The Balaban J connectivity index is 1.68. The van der Waals surface area contributed by atoms with E-state index in [0.717, 1.165) is 12.6 Å². The van der Waals surface area contributed by atoms with Crippen molar-refractivity contribution in [2.75, 3.05) is 13.1 Å². The van der Waals surface area contributed by atoms with Gasteiger partial charge in [-0.2, -0.15) is 0 Å². The molecule has 2 fully saturated rings. The van der Waals surface area contributed by atoms with Crippen LogP contribution in [-0.2, 0) is 0 Å². The summed E-state index contributed by atoms with van der Waals surface area (Å²) in [5.41, 5.74) is 6.52. The van der Waals surface area contributed by atoms with Crippen LogP contribution in [0.15, 0.2) is 0 Å². The summed E-state index contributed by atoms with van der Waals surface area (Å²) in [4.78, 5) is 0. The van der Waals surface area contributed by atoms with Gasteiger partial charge in [0.15, 0.2) is 0 Å². The van der Waals surface area contributed by atoms with E-state index in [1.165, 1.54) is 77.2 Å². The number of nitrogens with one attached hydrogen (secondary N) is 1. The molecular formula is C15H30N2. The summed E-state index contributed by atoms with van der Waals surface area (Å²) in [5.74, 6) is 0. The zero-order valence-electron chi connectivity index (χ0n) is 11.3. The lowest BCUT2D eigenvalue weighted by Crippen LogP contribution is -2.39. The van der Waals surface area contributed by atoms with Gasteiger partial charge in [0.2, 0.25) is 0 Å². The molecule has 0 radical (unpaired) electrons. The summed E-state index contributed by atoms with van der Waals surface area (Å²) in [6.45, 7) is 2.10. The van der Waals surface area contributed by atoms with Crippen LogP contribution in [0.4, 0.5) is 0 Å². The fourth-order valence-corrected chi connectivity index (χ4v) is 3.71. The summed E-state index contributed by atoms with van der Waals surface area (Å²) in [5, 5.41) is 3.77. The molecule has 0 aromatic heterocycles. The van der Waals surface area contributed by atoms with Gasteiger partial charge in [0.25, 0.3) is 0 Å². The lowest BCUT2D eigenvalue weighted by molar-refractivity contribution is 0.177. The number of hydrogen-bond acceptors (Lipinski definition) is 2. The first-order valence-corrected chi connectivity index (χ1v) is 7.78. The first-order chi connectivity index (χ1) is 8.35. The predicted molar refractivity (Wildman–Crippen MR) is 74.1 cm³/mol. The van der Waals surface area contributed by atoms with Crippen LogP contribution >= 0.6 is 0 Å². The largest absolute Gasteiger partial charge is 0.330 e. The summed E-state index contributed by atoms with van der Waals surface area (Å²) >= 11 is 0. The van der Waals surface area contributed by atoms with Gasteiger partial charge in [-0.1, -0.05) is 38.5 Å². The van der Waals surface area contributed by atoms with Gasteiger partial charge in [-0.05, 0) is 50.6 Å². The van der Waals surface area contributed by atoms with Crippen LogP contribution in [-0.4, -0.2) is 19.1 Å². The Morgan fingerprint density at radius 2 is 1.59 bits per heavy atom. The second-order valence-corrected chi connectivity index (χ2v) is 6.30. The van der Waals surface area contributed by atoms with Crippen LogP contribution < -0.4 is 11.1 Å². The van der Waals surface area contributed by atoms with Crippen molar-refractivity contribution >= 4 is 0 Å². The van der Waals surface area contributed by atoms with Gasteiger partial charge in [0.1, 0.15) is 0 Å². The van der Waals surface area contributed by atoms with Crippen LogP contribution in [0.25, 0.3) is 0 Å². The van der Waals surface area contributed by atoms with Crippen LogP contribution in [0.3, 0.4) is 0 Å². The van der Waals surface area contributed by atoms with Gasteiger partial charge in [-0.15, -0.1) is 0 Å². The van der Waals surface area contributed by atoms with Gasteiger partial charge >= 0.3 is 0 Å². The third-order valence-electron chi connectivity index (χ3n) is 5.04. The molecule has 0 bridgehead atoms. The molecule has 0 aromatic carbocycles. The average molecular weight is 238 g/mol. The minimum atomic E-state index is 0.486. The average Bonchev–Trinajstić information content (AvgIpc) is 2.41. The molecule has 0 unspecified atom stereocenters. The molecule has 0 saturated heterocycles. The van der Waals surface area contributed by atoms with Crippen LogP contribution in [0.5, 0.6) is 0 Å². The van der Waals surface area contributed by atoms with E-state index in [4.69, 9.17) is 5.73 Å². The highest BCUT2D eigenvalue weighted by Crippen LogP contribution is 2.38. The third-order valence-corrected chi connectivity index (χ3v) is 5.04. The molecule has 2 rings (SSSR count). The smallest absolute Gasteiger partial charge is 0.00670 e. The van der Waals surface area contributed by atoms with Crippen molar-refractivity contribution < 1.29 is 0 Å². The van der Waals surface area contributed by atoms with Crippen molar-refractivity contribution in [2.24, 2.45) is 11.1 Å². The van der Waals surface area contributed by atoms with Crippen LogP contribution in [0.1, 0.15) is 70.6 Å². The van der Waals surface area contributed by atoms with Gasteiger partial charge in [-0.25, -0.2) is 0 Å². The SMILES string of the molecule is NCC1(CCNC2CCCCC2)CCCCC1. The molecule has 0 amide bonds. The summed E-state index contributed by atoms with van der Waals surface area (Å²) in [6, 6.07) is 0.808. The van der Waals surface area contributed by atoms with E-state index >= 15 is 0 Å². The summed E-state index contributed by atoms with van der Waals surface area (Å²) in [7, 11) is 0. The Kier molecular flexibility index (Phi) is 5.30. The van der Waals surface area contributed by atoms with Crippen molar-refractivity contribution in [3.8, 4) is 0 Å². The quantitative estimate of drug-likeness (QED) is 0.772. The zero-order valence-corrected chi connectivity index (χ0v) is 11.3. The summed E-state index contributed by atoms with van der Waals surface area (Å²) in [6.07, 6.45) is 15.4. The minimum Gasteiger partial charge on any atom is -0.330 e. The van der Waals surface area contributed by atoms with Crippen molar-refractivity contribution in [3.63, 3.8) is 0 Å². The second kappa shape index (κ2) is 6.75. The van der Waals surface area contributed by atoms with E-state index in [-0.39, 0.29) is 0 Å². The fraction of sp³-hybridized carbons (Fsp3) is 1.00. The molecule has 0 aromatic rings. The molecule has 2 aliphatic rings. The predicted octanol–water partition coefficient (Wildman–Crippen LogP) is 3.21. The number of nitrogens with two attached hydrogens (primary N) is 1. The molecule has 0 aliphatic heterocycles. The molecule has 0 spiro atoms. The molecule has 2 nitrogen and oxygen atoms in total. The molecule has 0 heterocycles. The van der Waals surface area contributed by atoms with E-state index in [9.17, 15) is 0 Å². The van der Waals surface area contributed by atoms with E-state index in [1.54, 1.807) is 0 Å². The lowest BCUT2D eigenvalue weighted by Gasteiger charge is -2.37. The maximum Gasteiger partial charge on any atom is 0.00670 e. The van der Waals surface area contributed by atoms with E-state index in [0.29, 0.717) is 5.41 Å². The molecule has 2 heteroatoms. The molecule has 2 aliphatic carbocycles. The van der Waals surface area contributed by atoms with Gasteiger partial charge in [0, 0.05) is 6.04 Å². The Morgan fingerprint density at radius 3 is 2.24 bits per heavy atom. The van der Waals surface area contributed by atoms with Crippen molar-refractivity contribution in [2.45, 2.75) is 76.7 Å². The van der Waals surface area contributed by atoms with E-state index in [1.807, 2.05) is 0 Å². The maximum absolute atomic E-state index is 6.03. The Morgan fingerprint density at radius 1 is 0.941 bits per heavy atom. The minimum absolute atomic E-state index is 0.486. The van der Waals surface area contributed by atoms with Crippen molar-refractivity contribution in [3.05, 3.63) is 0 Å². The Bertz CT molecular complexity index is 203. The summed E-state index contributed by atoms with van der Waals surface area (Å²) < 4.78 is 0. The third kappa shape index (κ3) is 3.96. The highest BCUT2D eigenvalue weighted by molar-refractivity contribution is 4.85. The van der Waals surface area contributed by atoms with Gasteiger partial charge in [-0.3, -0.25) is 0 Å². The first-order valence-electron chi connectivity index (χ1n) is 7.78. The molecule has 0 atom stereocenters. The van der Waals surface area contributed by atoms with Gasteiger partial charge in [0.05, 0.1) is 0 Å². The highest BCUT2D eigenvalue weighted by Gasteiger charge is 2.30. The fourth-order valence-electron chi connectivity index (χ4n) is 3.71. The first kappa shape index (κ1) is 13.4. The standard InChI is InChI=1S/C15H30N2/c16-13-15(9-5-2-6-10-15)11-12-17-14-7-3-1-4-8-14/h14,17H,1-13,16H2. The lowest BCUT2D eigenvalue weighted by atomic mass is 9.72. The normalized spacial score (nSPS) is 25.9. The van der Waals surface area contributed by atoms with Crippen LogP contribution in [0.2, 0.25) is 0 Å². The Hall–Kier alpha value is -0.0800. The van der Waals surface area contributed by atoms with Crippen LogP contribution in [0, 0.1) is 5.41 Å². The zero-order chi connectivity index (χ0) is 12.0. The Labute approximate surface area is 107 Å². The monoisotopic (exact) mass is 238 g/mol. The van der Waals surface area contributed by atoms with Gasteiger partial charge < -0.3 is 11.1 Å². The topological polar surface area (TPSA) is 38.0 Å².